The van der Waals surface area contributed by atoms with Crippen molar-refractivity contribution in [3.8, 4) is 0 Å². The largest absolute Gasteiger partial charge is 0.462 e. The highest BCUT2D eigenvalue weighted by atomic mass is 16.6. The number of fused-ring (bicyclic) bond motifs is 4. The summed E-state index contributed by atoms with van der Waals surface area (Å²) in [6.07, 6.45) is 2.35. The third-order valence-corrected chi connectivity index (χ3v) is 13.8. The van der Waals surface area contributed by atoms with Gasteiger partial charge >= 0.3 is 11.9 Å². The number of hydrogen-bond acceptors (Lipinski definition) is 10. The molecule has 2 saturated heterocycles. The first-order valence-electron chi connectivity index (χ1n) is 17.7. The van der Waals surface area contributed by atoms with Crippen LogP contribution in [0.15, 0.2) is 24.3 Å². The second-order valence-electron chi connectivity index (χ2n) is 17.0. The van der Waals surface area contributed by atoms with Crippen LogP contribution in [0.4, 0.5) is 0 Å². The molecule has 0 aromatic carbocycles. The Hall–Kier alpha value is -2.98. The van der Waals surface area contributed by atoms with Gasteiger partial charge in [0.2, 0.25) is 0 Å². The summed E-state index contributed by atoms with van der Waals surface area (Å²) in [5, 5.41) is 21.4. The SMILES string of the molecule is C=C(C)[C@@H]1CC(=O)[C@@H]2CC(=O)[C@@H]3[C@@H]4[C@@H](C(=O)O[C@@H]4C[C@]3(C)O)[C@H]2C1.C=C(C)[C@@H]1CC(=O)[C@@H]2CC(=O)[C@@H]3[C@@H]4[C@@H](C(=O)O[C@@H]4C[C@]3(C)O)[C@H]2C1. The van der Waals surface area contributed by atoms with Gasteiger partial charge in [0, 0.05) is 62.2 Å². The molecular formula is C38H48O10. The second kappa shape index (κ2) is 11.3. The summed E-state index contributed by atoms with van der Waals surface area (Å²) >= 11 is 0. The van der Waals surface area contributed by atoms with E-state index >= 15 is 0 Å². The lowest BCUT2D eigenvalue weighted by Gasteiger charge is -2.37. The monoisotopic (exact) mass is 664 g/mol. The number of carbonyl (C=O) groups excluding carboxylic acids is 6. The van der Waals surface area contributed by atoms with Gasteiger partial charge in [-0.3, -0.25) is 28.8 Å². The molecule has 260 valence electrons. The maximum absolute atomic E-state index is 12.9. The van der Waals surface area contributed by atoms with Crippen LogP contribution in [0.2, 0.25) is 0 Å². The maximum Gasteiger partial charge on any atom is 0.309 e. The van der Waals surface area contributed by atoms with Crippen molar-refractivity contribution in [2.75, 3.05) is 0 Å². The average Bonchev–Trinajstić information content (AvgIpc) is 3.53. The first-order chi connectivity index (χ1) is 22.4. The predicted molar refractivity (Wildman–Crippen MR) is 169 cm³/mol. The molecule has 0 aromatic rings. The minimum absolute atomic E-state index is 0.0588. The Kier molecular flexibility index (Phi) is 7.87. The second-order valence-corrected chi connectivity index (χ2v) is 17.0. The molecule has 0 radical (unpaired) electrons. The summed E-state index contributed by atoms with van der Waals surface area (Å²) in [6, 6.07) is 0. The molecule has 8 rings (SSSR count). The zero-order valence-electron chi connectivity index (χ0n) is 28.3. The first-order valence-corrected chi connectivity index (χ1v) is 17.7. The molecule has 10 nitrogen and oxygen atoms in total. The average molecular weight is 665 g/mol. The molecule has 0 spiro atoms. The standard InChI is InChI=1S/2C19H24O5/c2*1-8(2)9-4-11-10(12(20)5-9)6-13(21)17-16-14(7-19(17,3)23)24-18(22)15(11)16/h2*9-11,14-17,23H,1,4-7H2,2-3H3/t2*9-,10+,11-,14+,15-,16-,17+,19-/m00/s1. The van der Waals surface area contributed by atoms with Crippen molar-refractivity contribution in [2.24, 2.45) is 71.0 Å². The summed E-state index contributed by atoms with van der Waals surface area (Å²) in [7, 11) is 0. The third-order valence-electron chi connectivity index (χ3n) is 13.8. The highest BCUT2D eigenvalue weighted by Crippen LogP contribution is 2.59. The predicted octanol–water partition coefficient (Wildman–Crippen LogP) is 3.35. The van der Waals surface area contributed by atoms with Gasteiger partial charge in [0.1, 0.15) is 35.3 Å². The maximum atomic E-state index is 12.9. The smallest absolute Gasteiger partial charge is 0.309 e. The number of hydrogen-bond donors (Lipinski definition) is 2. The molecule has 16 atom stereocenters. The van der Waals surface area contributed by atoms with Gasteiger partial charge < -0.3 is 19.7 Å². The van der Waals surface area contributed by atoms with E-state index in [0.717, 1.165) is 11.1 Å². The van der Waals surface area contributed by atoms with Crippen LogP contribution in [0, 0.1) is 71.0 Å². The van der Waals surface area contributed by atoms with Gasteiger partial charge in [-0.2, -0.15) is 0 Å². The molecule has 0 aromatic heterocycles. The van der Waals surface area contributed by atoms with E-state index in [-0.39, 0.29) is 83.4 Å². The highest BCUT2D eigenvalue weighted by molar-refractivity contribution is 5.95. The zero-order valence-corrected chi connectivity index (χ0v) is 28.3. The van der Waals surface area contributed by atoms with Crippen molar-refractivity contribution >= 4 is 35.1 Å². The van der Waals surface area contributed by atoms with Gasteiger partial charge in [0.25, 0.3) is 0 Å². The van der Waals surface area contributed by atoms with Crippen molar-refractivity contribution in [2.45, 2.75) is 102 Å². The van der Waals surface area contributed by atoms with E-state index in [1.807, 2.05) is 13.8 Å². The lowest BCUT2D eigenvalue weighted by molar-refractivity contribution is -0.150. The van der Waals surface area contributed by atoms with E-state index in [9.17, 15) is 39.0 Å². The van der Waals surface area contributed by atoms with Crippen molar-refractivity contribution < 1.29 is 48.5 Å². The molecule has 10 heteroatoms. The Balaban J connectivity index is 0.000000152. The van der Waals surface area contributed by atoms with Crippen molar-refractivity contribution in [1.82, 2.24) is 0 Å². The van der Waals surface area contributed by atoms with E-state index in [0.29, 0.717) is 38.5 Å². The normalized spacial score (nSPS) is 50.1. The quantitative estimate of drug-likeness (QED) is 0.331. The minimum Gasteiger partial charge on any atom is -0.462 e. The van der Waals surface area contributed by atoms with E-state index in [1.54, 1.807) is 13.8 Å². The van der Waals surface area contributed by atoms with Crippen LogP contribution >= 0.6 is 0 Å². The van der Waals surface area contributed by atoms with Crippen LogP contribution in [0.1, 0.15) is 79.1 Å². The molecule has 0 unspecified atom stereocenters. The van der Waals surface area contributed by atoms with Gasteiger partial charge in [-0.05, 0) is 64.2 Å². The fourth-order valence-electron chi connectivity index (χ4n) is 11.7. The fourth-order valence-corrected chi connectivity index (χ4v) is 11.7. The Bertz CT molecular complexity index is 1410. The molecule has 8 fully saturated rings. The van der Waals surface area contributed by atoms with Gasteiger partial charge in [0.05, 0.1) is 34.9 Å². The molecular weight excluding hydrogens is 616 g/mol. The van der Waals surface area contributed by atoms with Gasteiger partial charge in [-0.15, -0.1) is 0 Å². The minimum atomic E-state index is -1.16. The Labute approximate surface area is 281 Å². The number of ketones is 4. The van der Waals surface area contributed by atoms with E-state index in [4.69, 9.17) is 9.47 Å². The Morgan fingerprint density at radius 1 is 0.625 bits per heavy atom. The lowest BCUT2D eigenvalue weighted by atomic mass is 9.64. The molecule has 0 bridgehead atoms. The summed E-state index contributed by atoms with van der Waals surface area (Å²) in [5.41, 5.74) is -0.406. The Morgan fingerprint density at radius 3 is 1.31 bits per heavy atom. The van der Waals surface area contributed by atoms with E-state index in [2.05, 4.69) is 13.2 Å². The van der Waals surface area contributed by atoms with Gasteiger partial charge in [0.15, 0.2) is 0 Å². The molecule has 6 aliphatic carbocycles. The summed E-state index contributed by atoms with van der Waals surface area (Å²) in [6.45, 7) is 15.1. The number of aliphatic hydroxyl groups is 2. The molecule has 0 amide bonds. The lowest BCUT2D eigenvalue weighted by Crippen LogP contribution is -2.41. The number of allylic oxidation sites excluding steroid dienone is 2. The van der Waals surface area contributed by atoms with Crippen molar-refractivity contribution in [3.63, 3.8) is 0 Å². The van der Waals surface area contributed by atoms with Gasteiger partial charge in [-0.1, -0.05) is 24.3 Å². The number of ether oxygens (including phenoxy) is 2. The molecule has 48 heavy (non-hydrogen) atoms. The topological polar surface area (TPSA) is 161 Å². The number of carbonyl (C=O) groups is 6. The highest BCUT2D eigenvalue weighted by Gasteiger charge is 2.68. The third kappa shape index (κ3) is 5.02. The summed E-state index contributed by atoms with van der Waals surface area (Å²) < 4.78 is 11.1. The Morgan fingerprint density at radius 2 is 0.979 bits per heavy atom. The number of rotatable bonds is 2. The van der Waals surface area contributed by atoms with Crippen molar-refractivity contribution in [3.05, 3.63) is 24.3 Å². The molecule has 6 saturated carbocycles. The van der Waals surface area contributed by atoms with E-state index in [1.165, 1.54) is 0 Å². The fraction of sp³-hybridized carbons (Fsp3) is 0.737. The zero-order chi connectivity index (χ0) is 34.8. The van der Waals surface area contributed by atoms with Crippen molar-refractivity contribution in [1.29, 1.82) is 0 Å². The summed E-state index contributed by atoms with van der Waals surface area (Å²) in [5.74, 6) is -4.29. The summed E-state index contributed by atoms with van der Waals surface area (Å²) in [4.78, 5) is 76.2. The van der Waals surface area contributed by atoms with Gasteiger partial charge in [-0.25, -0.2) is 0 Å². The molecule has 8 aliphatic rings. The molecule has 2 N–H and O–H groups in total. The van der Waals surface area contributed by atoms with E-state index < -0.39 is 58.9 Å². The van der Waals surface area contributed by atoms with Crippen LogP contribution in [-0.4, -0.2) is 68.7 Å². The van der Waals surface area contributed by atoms with Crippen LogP contribution in [0.25, 0.3) is 0 Å². The van der Waals surface area contributed by atoms with Crippen LogP contribution < -0.4 is 0 Å². The molecule has 2 aliphatic heterocycles. The first kappa shape index (κ1) is 33.5. The van der Waals surface area contributed by atoms with Crippen LogP contribution in [0.3, 0.4) is 0 Å². The number of Topliss-reactive ketones (excluding diaryl/α,β-unsaturated/α-hetero) is 4. The van der Waals surface area contributed by atoms with Crippen LogP contribution in [-0.2, 0) is 38.2 Å². The molecule has 2 heterocycles. The number of esters is 2. The van der Waals surface area contributed by atoms with Crippen LogP contribution in [0.5, 0.6) is 0 Å².